The molecule has 0 bridgehead atoms. The van der Waals surface area contributed by atoms with Gasteiger partial charge >= 0.3 is 5.97 Å². The van der Waals surface area contributed by atoms with Gasteiger partial charge in [-0.05, 0) is 0 Å². The Hall–Kier alpha value is -1.57. The highest BCUT2D eigenvalue weighted by Crippen LogP contribution is 2.29. The van der Waals surface area contributed by atoms with Crippen LogP contribution in [0, 0.1) is 16.7 Å². The molecule has 0 aliphatic carbocycles. The van der Waals surface area contributed by atoms with E-state index in [4.69, 9.17) is 10.4 Å². The second kappa shape index (κ2) is 2.48. The number of carboxylic acid groups (broad SMARTS) is 1. The van der Waals surface area contributed by atoms with Crippen LogP contribution in [0.3, 0.4) is 0 Å². The molecule has 1 fully saturated rings. The molecule has 0 spiro atoms. The molecule has 1 heterocycles. The van der Waals surface area contributed by atoms with E-state index in [2.05, 4.69) is 0 Å². The Balaban J connectivity index is 2.66. The Morgan fingerprint density at radius 2 is 2.08 bits per heavy atom. The number of rotatable bonds is 1. The second-order valence-electron chi connectivity index (χ2n) is 2.87. The molecule has 1 rings (SSSR count). The number of hydrogen-bond acceptors (Lipinski definition) is 3. The van der Waals surface area contributed by atoms with Crippen LogP contribution in [-0.4, -0.2) is 35.0 Å². The molecule has 0 saturated carbocycles. The maximum Gasteiger partial charge on any atom is 0.327 e. The zero-order valence-corrected chi connectivity index (χ0v) is 6.57. The lowest BCUT2D eigenvalue weighted by Crippen LogP contribution is -2.61. The van der Waals surface area contributed by atoms with Gasteiger partial charge < -0.3 is 10.0 Å². The fourth-order valence-corrected chi connectivity index (χ4v) is 1.08. The molecule has 5 nitrogen and oxygen atoms in total. The van der Waals surface area contributed by atoms with Crippen molar-refractivity contribution in [1.29, 1.82) is 5.26 Å². The number of hydrogen-bond donors (Lipinski definition) is 1. The molecule has 0 radical (unpaired) electrons. The number of aliphatic carboxylic acids is 1. The van der Waals surface area contributed by atoms with Crippen molar-refractivity contribution in [3.05, 3.63) is 0 Å². The van der Waals surface area contributed by atoms with Gasteiger partial charge in [-0.1, -0.05) is 0 Å². The van der Waals surface area contributed by atoms with Crippen LogP contribution in [-0.2, 0) is 9.59 Å². The third kappa shape index (κ3) is 1.01. The van der Waals surface area contributed by atoms with Crippen molar-refractivity contribution < 1.29 is 14.7 Å². The minimum atomic E-state index is -1.36. The first kappa shape index (κ1) is 8.53. The summed E-state index contributed by atoms with van der Waals surface area (Å²) in [4.78, 5) is 22.5. The molecule has 64 valence electrons. The maximum atomic E-state index is 10.7. The summed E-state index contributed by atoms with van der Waals surface area (Å²) in [7, 11) is 0. The van der Waals surface area contributed by atoms with Gasteiger partial charge in [0.1, 0.15) is 0 Å². The number of carbonyl (C=O) groups excluding carboxylic acids is 1. The van der Waals surface area contributed by atoms with Crippen molar-refractivity contribution in [2.75, 3.05) is 13.1 Å². The summed E-state index contributed by atoms with van der Waals surface area (Å²) in [5.74, 6) is -1.34. The largest absolute Gasteiger partial charge is 0.480 e. The van der Waals surface area contributed by atoms with E-state index in [-0.39, 0.29) is 19.0 Å². The van der Waals surface area contributed by atoms with E-state index in [1.807, 2.05) is 0 Å². The Kier molecular flexibility index (Phi) is 1.76. The van der Waals surface area contributed by atoms with Gasteiger partial charge in [0.15, 0.2) is 5.41 Å². The predicted octanol–water partition coefficient (Wildman–Crippen LogP) is -0.557. The van der Waals surface area contributed by atoms with Gasteiger partial charge in [0.05, 0.1) is 19.2 Å². The van der Waals surface area contributed by atoms with E-state index in [9.17, 15) is 9.59 Å². The van der Waals surface area contributed by atoms with E-state index < -0.39 is 11.4 Å². The smallest absolute Gasteiger partial charge is 0.327 e. The fourth-order valence-electron chi connectivity index (χ4n) is 1.08. The molecule has 0 aromatic heterocycles. The number of nitrogens with zero attached hydrogens (tertiary/aromatic N) is 2. The molecule has 1 aliphatic rings. The van der Waals surface area contributed by atoms with Gasteiger partial charge in [-0.25, -0.2) is 0 Å². The lowest BCUT2D eigenvalue weighted by Gasteiger charge is -2.41. The van der Waals surface area contributed by atoms with Crippen LogP contribution in [0.4, 0.5) is 0 Å². The third-order valence-corrected chi connectivity index (χ3v) is 1.99. The summed E-state index contributed by atoms with van der Waals surface area (Å²) in [5.41, 5.74) is -1.36. The van der Waals surface area contributed by atoms with Gasteiger partial charge in [-0.3, -0.25) is 9.59 Å². The average molecular weight is 168 g/mol. The molecule has 0 aromatic carbocycles. The maximum absolute atomic E-state index is 10.7. The highest BCUT2D eigenvalue weighted by molar-refractivity contribution is 5.84. The first-order valence-electron chi connectivity index (χ1n) is 3.42. The van der Waals surface area contributed by atoms with E-state index in [0.717, 1.165) is 0 Å². The van der Waals surface area contributed by atoms with Crippen LogP contribution < -0.4 is 0 Å². The predicted molar refractivity (Wildman–Crippen MR) is 37.9 cm³/mol. The van der Waals surface area contributed by atoms with Crippen molar-refractivity contribution in [1.82, 2.24) is 4.90 Å². The monoisotopic (exact) mass is 168 g/mol. The first-order valence-corrected chi connectivity index (χ1v) is 3.42. The third-order valence-electron chi connectivity index (χ3n) is 1.99. The normalized spacial score (nSPS) is 19.2. The molecule has 5 heteroatoms. The standard InChI is InChI=1S/C7H8N2O3/c1-5(10)9-3-7(2-8,4-9)6(11)12/h3-4H2,1H3,(H,11,12). The highest BCUT2D eigenvalue weighted by Gasteiger charge is 2.51. The number of amides is 1. The summed E-state index contributed by atoms with van der Waals surface area (Å²) in [6.07, 6.45) is 0. The summed E-state index contributed by atoms with van der Waals surface area (Å²) >= 11 is 0. The number of carboxylic acids is 1. The minimum Gasteiger partial charge on any atom is -0.480 e. The molecule has 0 unspecified atom stereocenters. The summed E-state index contributed by atoms with van der Waals surface area (Å²) in [6.45, 7) is 1.37. The Labute approximate surface area is 69.2 Å². The van der Waals surface area contributed by atoms with Crippen molar-refractivity contribution in [3.63, 3.8) is 0 Å². The van der Waals surface area contributed by atoms with Gasteiger partial charge in [-0.15, -0.1) is 0 Å². The van der Waals surface area contributed by atoms with Crippen LogP contribution >= 0.6 is 0 Å². The van der Waals surface area contributed by atoms with E-state index in [1.54, 1.807) is 6.07 Å². The number of nitriles is 1. The van der Waals surface area contributed by atoms with E-state index in [1.165, 1.54) is 11.8 Å². The summed E-state index contributed by atoms with van der Waals surface area (Å²) in [5, 5.41) is 17.2. The molecule has 0 atom stereocenters. The SMILES string of the molecule is CC(=O)N1CC(C#N)(C(=O)O)C1. The second-order valence-corrected chi connectivity index (χ2v) is 2.87. The molecular formula is C7H8N2O3. The molecule has 1 aliphatic heterocycles. The van der Waals surface area contributed by atoms with Crippen molar-refractivity contribution in [3.8, 4) is 6.07 Å². The number of carbonyl (C=O) groups is 2. The molecule has 1 amide bonds. The van der Waals surface area contributed by atoms with Crippen molar-refractivity contribution in [2.45, 2.75) is 6.92 Å². The minimum absolute atomic E-state index is 0.00810. The van der Waals surface area contributed by atoms with Crippen LogP contribution in [0.2, 0.25) is 0 Å². The number of likely N-dealkylation sites (tertiary alicyclic amines) is 1. The lowest BCUT2D eigenvalue weighted by atomic mass is 9.81. The molecule has 1 saturated heterocycles. The average Bonchev–Trinajstić information content (AvgIpc) is 1.84. The molecular weight excluding hydrogens is 160 g/mol. The summed E-state index contributed by atoms with van der Waals surface area (Å²) < 4.78 is 0. The van der Waals surface area contributed by atoms with Crippen LogP contribution in [0.5, 0.6) is 0 Å². The van der Waals surface area contributed by atoms with Crippen LogP contribution in [0.15, 0.2) is 0 Å². The van der Waals surface area contributed by atoms with Gasteiger partial charge in [-0.2, -0.15) is 5.26 Å². The molecule has 0 aromatic rings. The van der Waals surface area contributed by atoms with Crippen LogP contribution in [0.25, 0.3) is 0 Å². The zero-order valence-electron chi connectivity index (χ0n) is 6.57. The molecule has 12 heavy (non-hydrogen) atoms. The zero-order chi connectivity index (χ0) is 9.35. The fraction of sp³-hybridized carbons (Fsp3) is 0.571. The Morgan fingerprint density at radius 3 is 2.33 bits per heavy atom. The summed E-state index contributed by atoms with van der Waals surface area (Å²) in [6, 6.07) is 1.71. The van der Waals surface area contributed by atoms with Crippen LogP contribution in [0.1, 0.15) is 6.92 Å². The Morgan fingerprint density at radius 1 is 1.58 bits per heavy atom. The first-order chi connectivity index (χ1) is 5.52. The van der Waals surface area contributed by atoms with E-state index >= 15 is 0 Å². The Bertz CT molecular complexity index is 273. The molecule has 1 N–H and O–H groups in total. The van der Waals surface area contributed by atoms with Gasteiger partial charge in [0, 0.05) is 6.92 Å². The lowest BCUT2D eigenvalue weighted by molar-refractivity contribution is -0.158. The van der Waals surface area contributed by atoms with Crippen molar-refractivity contribution >= 4 is 11.9 Å². The topological polar surface area (TPSA) is 81.4 Å². The van der Waals surface area contributed by atoms with Gasteiger partial charge in [0.2, 0.25) is 5.91 Å². The van der Waals surface area contributed by atoms with E-state index in [0.29, 0.717) is 0 Å². The quantitative estimate of drug-likeness (QED) is 0.569. The highest BCUT2D eigenvalue weighted by atomic mass is 16.4. The van der Waals surface area contributed by atoms with Crippen molar-refractivity contribution in [2.24, 2.45) is 5.41 Å². The van der Waals surface area contributed by atoms with Gasteiger partial charge in [0.25, 0.3) is 0 Å².